The second kappa shape index (κ2) is 6.85. The quantitative estimate of drug-likeness (QED) is 0.617. The van der Waals surface area contributed by atoms with Crippen LogP contribution in [0.25, 0.3) is 0 Å². The highest BCUT2D eigenvalue weighted by Gasteiger charge is 2.29. The summed E-state index contributed by atoms with van der Waals surface area (Å²) >= 11 is 0. The fourth-order valence-corrected chi connectivity index (χ4v) is 3.58. The van der Waals surface area contributed by atoms with Gasteiger partial charge in [-0.05, 0) is 20.4 Å². The van der Waals surface area contributed by atoms with Crippen molar-refractivity contribution in [1.82, 2.24) is 10.2 Å². The van der Waals surface area contributed by atoms with E-state index in [1.54, 1.807) is 14.0 Å². The number of hydrogen-bond donors (Lipinski definition) is 1. The van der Waals surface area contributed by atoms with Crippen LogP contribution in [0.1, 0.15) is 13.3 Å². The molecule has 0 bridgehead atoms. The summed E-state index contributed by atoms with van der Waals surface area (Å²) in [6, 6.07) is -0.312. The molecule has 0 spiro atoms. The lowest BCUT2D eigenvalue weighted by Crippen LogP contribution is -2.42. The largest absolute Gasteiger partial charge is 0.465 e. The van der Waals surface area contributed by atoms with Crippen molar-refractivity contribution in [3.8, 4) is 0 Å². The van der Waals surface area contributed by atoms with Crippen LogP contribution < -0.4 is 5.32 Å². The van der Waals surface area contributed by atoms with Crippen LogP contribution in [0.15, 0.2) is 0 Å². The van der Waals surface area contributed by atoms with Gasteiger partial charge in [-0.25, -0.2) is 8.42 Å². The number of amides is 1. The second-order valence-electron chi connectivity index (χ2n) is 4.64. The van der Waals surface area contributed by atoms with Crippen LogP contribution >= 0.6 is 0 Å². The van der Waals surface area contributed by atoms with Gasteiger partial charge in [-0.1, -0.05) is 0 Å². The fraction of sp³-hybridized carbons (Fsp3) is 0.818. The maximum atomic E-state index is 11.7. The van der Waals surface area contributed by atoms with E-state index >= 15 is 0 Å². The van der Waals surface area contributed by atoms with E-state index in [0.29, 0.717) is 13.0 Å². The first-order valence-corrected chi connectivity index (χ1v) is 7.98. The first-order valence-electron chi connectivity index (χ1n) is 6.16. The van der Waals surface area contributed by atoms with Crippen molar-refractivity contribution in [2.45, 2.75) is 19.4 Å². The van der Waals surface area contributed by atoms with Gasteiger partial charge in [0.15, 0.2) is 9.84 Å². The average Bonchev–Trinajstić information content (AvgIpc) is 2.57. The molecular weight excluding hydrogens is 272 g/mol. The summed E-state index contributed by atoms with van der Waals surface area (Å²) in [6.07, 6.45) is 0.454. The zero-order valence-electron chi connectivity index (χ0n) is 11.2. The topological polar surface area (TPSA) is 92.8 Å². The van der Waals surface area contributed by atoms with Crippen LogP contribution in [0.4, 0.5) is 0 Å². The monoisotopic (exact) mass is 292 g/mol. The Morgan fingerprint density at radius 2 is 2.05 bits per heavy atom. The van der Waals surface area contributed by atoms with Gasteiger partial charge in [0.25, 0.3) is 0 Å². The highest BCUT2D eigenvalue weighted by Crippen LogP contribution is 2.10. The molecule has 7 nitrogen and oxygen atoms in total. The van der Waals surface area contributed by atoms with E-state index in [1.165, 1.54) is 4.90 Å². The summed E-state index contributed by atoms with van der Waals surface area (Å²) in [7, 11) is -1.37. The van der Waals surface area contributed by atoms with Crippen molar-refractivity contribution in [2.24, 2.45) is 0 Å². The number of hydrogen-bond acceptors (Lipinski definition) is 6. The summed E-state index contributed by atoms with van der Waals surface area (Å²) < 4.78 is 27.2. The van der Waals surface area contributed by atoms with Gasteiger partial charge in [-0.2, -0.15) is 0 Å². The fourth-order valence-electron chi connectivity index (χ4n) is 1.91. The van der Waals surface area contributed by atoms with Gasteiger partial charge >= 0.3 is 5.97 Å². The number of nitrogens with zero attached hydrogens (tertiary/aromatic N) is 1. The van der Waals surface area contributed by atoms with Crippen molar-refractivity contribution in [2.75, 3.05) is 38.2 Å². The SMILES string of the molecule is CCOC(=O)CN(C)CC(=O)NC1CCS(=O)(=O)C1. The van der Waals surface area contributed by atoms with Crippen molar-refractivity contribution < 1.29 is 22.7 Å². The zero-order chi connectivity index (χ0) is 14.5. The maximum absolute atomic E-state index is 11.7. The molecule has 1 atom stereocenters. The van der Waals surface area contributed by atoms with Crippen LogP contribution in [-0.2, 0) is 24.2 Å². The molecule has 19 heavy (non-hydrogen) atoms. The summed E-state index contributed by atoms with van der Waals surface area (Å²) in [4.78, 5) is 24.4. The van der Waals surface area contributed by atoms with Crippen LogP contribution in [0.5, 0.6) is 0 Å². The highest BCUT2D eigenvalue weighted by molar-refractivity contribution is 7.91. The summed E-state index contributed by atoms with van der Waals surface area (Å²) in [5, 5.41) is 2.66. The Labute approximate surface area is 113 Å². The van der Waals surface area contributed by atoms with Gasteiger partial charge in [0, 0.05) is 6.04 Å². The first-order chi connectivity index (χ1) is 8.82. The van der Waals surface area contributed by atoms with Crippen molar-refractivity contribution in [3.05, 3.63) is 0 Å². The molecule has 1 heterocycles. The molecule has 0 aromatic carbocycles. The van der Waals surface area contributed by atoms with Gasteiger partial charge in [-0.15, -0.1) is 0 Å². The summed E-state index contributed by atoms with van der Waals surface area (Å²) in [6.45, 7) is 2.09. The van der Waals surface area contributed by atoms with E-state index in [2.05, 4.69) is 5.32 Å². The number of sulfone groups is 1. The highest BCUT2D eigenvalue weighted by atomic mass is 32.2. The molecule has 1 amide bonds. The van der Waals surface area contributed by atoms with Crippen molar-refractivity contribution >= 4 is 21.7 Å². The van der Waals surface area contributed by atoms with Crippen molar-refractivity contribution in [3.63, 3.8) is 0 Å². The third-order valence-electron chi connectivity index (χ3n) is 2.72. The normalized spacial score (nSPS) is 21.3. The molecule has 1 N–H and O–H groups in total. The molecule has 0 aliphatic carbocycles. The molecule has 0 aromatic rings. The molecule has 8 heteroatoms. The van der Waals surface area contributed by atoms with E-state index in [-0.39, 0.29) is 42.5 Å². The minimum Gasteiger partial charge on any atom is -0.465 e. The number of ether oxygens (including phenoxy) is 1. The van der Waals surface area contributed by atoms with Gasteiger partial charge in [0.1, 0.15) is 0 Å². The van der Waals surface area contributed by atoms with Gasteiger partial charge in [0.05, 0.1) is 31.2 Å². The first kappa shape index (κ1) is 15.9. The molecule has 110 valence electrons. The van der Waals surface area contributed by atoms with E-state index < -0.39 is 9.84 Å². The van der Waals surface area contributed by atoms with E-state index in [1.807, 2.05) is 0 Å². The van der Waals surface area contributed by atoms with E-state index in [9.17, 15) is 18.0 Å². The summed E-state index contributed by atoms with van der Waals surface area (Å²) in [5.41, 5.74) is 0. The zero-order valence-corrected chi connectivity index (χ0v) is 12.0. The van der Waals surface area contributed by atoms with Crippen LogP contribution in [0.2, 0.25) is 0 Å². The standard InChI is InChI=1S/C11H20N2O5S/c1-3-18-11(15)7-13(2)6-10(14)12-9-4-5-19(16,17)8-9/h9H,3-8H2,1-2H3,(H,12,14). The summed E-state index contributed by atoms with van der Waals surface area (Å²) in [5.74, 6) is -0.549. The molecule has 1 saturated heterocycles. The molecule has 0 radical (unpaired) electrons. The molecular formula is C11H20N2O5S. The smallest absolute Gasteiger partial charge is 0.320 e. The van der Waals surface area contributed by atoms with Gasteiger partial charge in [0.2, 0.25) is 5.91 Å². The molecule has 0 aromatic heterocycles. The number of carbonyl (C=O) groups excluding carboxylic acids is 2. The average molecular weight is 292 g/mol. The molecule has 1 unspecified atom stereocenters. The van der Waals surface area contributed by atoms with Crippen molar-refractivity contribution in [1.29, 1.82) is 0 Å². The Bertz CT molecular complexity index is 434. The number of rotatable bonds is 6. The lowest BCUT2D eigenvalue weighted by atomic mass is 10.2. The second-order valence-corrected chi connectivity index (χ2v) is 6.87. The Hall–Kier alpha value is -1.15. The third kappa shape index (κ3) is 6.02. The maximum Gasteiger partial charge on any atom is 0.320 e. The molecule has 1 aliphatic heterocycles. The number of esters is 1. The Kier molecular flexibility index (Phi) is 5.74. The van der Waals surface area contributed by atoms with E-state index in [4.69, 9.17) is 4.74 Å². The molecule has 1 rings (SSSR count). The molecule has 1 fully saturated rings. The van der Waals surface area contributed by atoms with Crippen LogP contribution in [0, 0.1) is 0 Å². The lowest BCUT2D eigenvalue weighted by Gasteiger charge is -2.17. The Morgan fingerprint density at radius 1 is 1.37 bits per heavy atom. The van der Waals surface area contributed by atoms with E-state index in [0.717, 1.165) is 0 Å². The third-order valence-corrected chi connectivity index (χ3v) is 4.48. The van der Waals surface area contributed by atoms with Crippen LogP contribution in [0.3, 0.4) is 0 Å². The van der Waals surface area contributed by atoms with Crippen LogP contribution in [-0.4, -0.2) is 69.5 Å². The lowest BCUT2D eigenvalue weighted by molar-refractivity contribution is -0.144. The predicted molar refractivity (Wildman–Crippen MR) is 69.3 cm³/mol. The number of carbonyl (C=O) groups is 2. The predicted octanol–water partition coefficient (Wildman–Crippen LogP) is -1.22. The Balaban J connectivity index is 2.29. The van der Waals surface area contributed by atoms with Gasteiger partial charge < -0.3 is 10.1 Å². The van der Waals surface area contributed by atoms with Gasteiger partial charge in [-0.3, -0.25) is 14.5 Å². The Morgan fingerprint density at radius 3 is 2.58 bits per heavy atom. The number of nitrogens with one attached hydrogen (secondary N) is 1. The number of likely N-dealkylation sites (N-methyl/N-ethyl adjacent to an activating group) is 1. The molecule has 0 saturated carbocycles. The minimum atomic E-state index is -3.00. The minimum absolute atomic E-state index is 0.000328. The molecule has 1 aliphatic rings.